The van der Waals surface area contributed by atoms with Gasteiger partial charge in [-0.25, -0.2) is 14.3 Å². The number of anilines is 1. The van der Waals surface area contributed by atoms with Gasteiger partial charge in [0.25, 0.3) is 15.9 Å². The number of rotatable bonds is 5. The third-order valence-electron chi connectivity index (χ3n) is 2.95. The van der Waals surface area contributed by atoms with Gasteiger partial charge in [0.05, 0.1) is 10.6 Å². The molecule has 1 amide bonds. The molecule has 0 bridgehead atoms. The Morgan fingerprint density at radius 3 is 2.43 bits per heavy atom. The highest BCUT2D eigenvalue weighted by atomic mass is 127. The van der Waals surface area contributed by atoms with E-state index in [9.17, 15) is 13.2 Å². The van der Waals surface area contributed by atoms with Crippen LogP contribution in [-0.4, -0.2) is 20.9 Å². The third-order valence-corrected chi connectivity index (χ3v) is 5.93. The molecule has 6 nitrogen and oxygen atoms in total. The second-order valence-corrected chi connectivity index (χ2v) is 8.54. The Morgan fingerprint density at radius 1 is 1.22 bits per heavy atom. The van der Waals surface area contributed by atoms with Gasteiger partial charge in [0, 0.05) is 8.04 Å². The Morgan fingerprint density at radius 2 is 1.87 bits per heavy atom. The molecule has 0 saturated heterocycles. The van der Waals surface area contributed by atoms with E-state index in [1.54, 1.807) is 30.3 Å². The van der Waals surface area contributed by atoms with Gasteiger partial charge >= 0.3 is 0 Å². The molecule has 23 heavy (non-hydrogen) atoms. The van der Waals surface area contributed by atoms with Crippen molar-refractivity contribution in [1.29, 1.82) is 0 Å². The first-order valence-corrected chi connectivity index (χ1v) is 9.69. The topological polar surface area (TPSA) is 92.5 Å². The highest BCUT2D eigenvalue weighted by Crippen LogP contribution is 2.25. The summed E-state index contributed by atoms with van der Waals surface area (Å²) in [6.45, 7) is -0.408. The van der Waals surface area contributed by atoms with Gasteiger partial charge in [-0.2, -0.15) is 0 Å². The quantitative estimate of drug-likeness (QED) is 0.280. The number of sulfonamides is 1. The lowest BCUT2D eigenvalue weighted by Gasteiger charge is -2.24. The number of nitrogens with two attached hydrogens (primary N) is 1. The van der Waals surface area contributed by atoms with Crippen LogP contribution in [0.4, 0.5) is 5.69 Å². The van der Waals surface area contributed by atoms with E-state index in [0.29, 0.717) is 5.69 Å². The molecule has 0 aromatic heterocycles. The second-order valence-electron chi connectivity index (χ2n) is 4.51. The van der Waals surface area contributed by atoms with Gasteiger partial charge in [-0.3, -0.25) is 14.5 Å². The van der Waals surface area contributed by atoms with Crippen molar-refractivity contribution in [2.75, 3.05) is 10.8 Å². The average molecular weight is 510 g/mol. The number of nitrogens with zero attached hydrogens (tertiary/aromatic N) is 1. The first-order valence-electron chi connectivity index (χ1n) is 6.38. The molecule has 2 aromatic carbocycles. The molecule has 0 atom stereocenters. The largest absolute Gasteiger partial charge is 0.293 e. The minimum absolute atomic E-state index is 0.0874. The van der Waals surface area contributed by atoms with E-state index in [4.69, 9.17) is 5.84 Å². The van der Waals surface area contributed by atoms with Crippen LogP contribution in [0.1, 0.15) is 0 Å². The molecule has 0 saturated carbocycles. The van der Waals surface area contributed by atoms with Crippen LogP contribution < -0.4 is 15.6 Å². The summed E-state index contributed by atoms with van der Waals surface area (Å²) in [5.41, 5.74) is 2.35. The Labute approximate surface area is 156 Å². The fraction of sp³-hybridized carbons (Fsp3) is 0.0714. The zero-order valence-electron chi connectivity index (χ0n) is 11.7. The van der Waals surface area contributed by atoms with Gasteiger partial charge in [0.1, 0.15) is 6.54 Å². The Bertz CT molecular complexity index is 812. The summed E-state index contributed by atoms with van der Waals surface area (Å²) in [6.07, 6.45) is 0. The highest BCUT2D eigenvalue weighted by Gasteiger charge is 2.27. The maximum Gasteiger partial charge on any atom is 0.264 e. The van der Waals surface area contributed by atoms with Crippen molar-refractivity contribution in [2.45, 2.75) is 4.90 Å². The molecule has 0 fully saturated rings. The van der Waals surface area contributed by atoms with Crippen LogP contribution in [0.15, 0.2) is 57.9 Å². The second kappa shape index (κ2) is 7.60. The van der Waals surface area contributed by atoms with Gasteiger partial charge in [0.2, 0.25) is 0 Å². The standard InChI is InChI=1S/C14H13BrIN3O3S/c15-10-4-6-13(7-5-10)23(21,22)19(9-14(20)18-17)12-3-1-2-11(16)8-12/h1-8H,9,17H2,(H,18,20). The fourth-order valence-electron chi connectivity index (χ4n) is 1.86. The Hall–Kier alpha value is -1.17. The number of benzene rings is 2. The number of halogens is 2. The first kappa shape index (κ1) is 18.2. The lowest BCUT2D eigenvalue weighted by molar-refractivity contribution is -0.119. The van der Waals surface area contributed by atoms with Crippen molar-refractivity contribution in [2.24, 2.45) is 5.84 Å². The molecule has 0 spiro atoms. The molecule has 0 aliphatic carbocycles. The van der Waals surface area contributed by atoms with Gasteiger partial charge in [0.15, 0.2) is 0 Å². The van der Waals surface area contributed by atoms with Crippen molar-refractivity contribution in [3.63, 3.8) is 0 Å². The van der Waals surface area contributed by atoms with Gasteiger partial charge < -0.3 is 0 Å². The highest BCUT2D eigenvalue weighted by molar-refractivity contribution is 14.1. The number of hydrogen-bond donors (Lipinski definition) is 2. The van der Waals surface area contributed by atoms with Gasteiger partial charge in [-0.15, -0.1) is 0 Å². The lowest BCUT2D eigenvalue weighted by atomic mass is 10.3. The van der Waals surface area contributed by atoms with Crippen molar-refractivity contribution in [3.05, 3.63) is 56.6 Å². The summed E-state index contributed by atoms with van der Waals surface area (Å²) in [5.74, 6) is 4.49. The van der Waals surface area contributed by atoms with Crippen molar-refractivity contribution in [3.8, 4) is 0 Å². The molecule has 122 valence electrons. The molecule has 0 aliphatic heterocycles. The van der Waals surface area contributed by atoms with E-state index >= 15 is 0 Å². The Balaban J connectivity index is 2.51. The van der Waals surface area contributed by atoms with Crippen LogP contribution >= 0.6 is 38.5 Å². The van der Waals surface area contributed by atoms with E-state index < -0.39 is 22.5 Å². The van der Waals surface area contributed by atoms with E-state index in [2.05, 4.69) is 38.5 Å². The summed E-state index contributed by atoms with van der Waals surface area (Å²) in [7, 11) is -3.90. The third kappa shape index (κ3) is 4.43. The van der Waals surface area contributed by atoms with Crippen LogP contribution in [0.5, 0.6) is 0 Å². The van der Waals surface area contributed by atoms with E-state index in [-0.39, 0.29) is 4.90 Å². The van der Waals surface area contributed by atoms with E-state index in [1.807, 2.05) is 11.5 Å². The Kier molecular flexibility index (Phi) is 6.00. The molecule has 0 unspecified atom stereocenters. The molecule has 2 rings (SSSR count). The van der Waals surface area contributed by atoms with Crippen molar-refractivity contribution >= 4 is 60.1 Å². The molecular weight excluding hydrogens is 497 g/mol. The number of nitrogens with one attached hydrogen (secondary N) is 1. The normalized spacial score (nSPS) is 11.1. The maximum atomic E-state index is 12.9. The summed E-state index contributed by atoms with van der Waals surface area (Å²) in [4.78, 5) is 11.7. The van der Waals surface area contributed by atoms with Crippen LogP contribution in [0, 0.1) is 3.57 Å². The minimum atomic E-state index is -3.90. The zero-order chi connectivity index (χ0) is 17.0. The molecule has 0 radical (unpaired) electrons. The summed E-state index contributed by atoms with van der Waals surface area (Å²) in [5, 5.41) is 0. The molecule has 0 heterocycles. The van der Waals surface area contributed by atoms with Crippen molar-refractivity contribution in [1.82, 2.24) is 5.43 Å². The summed E-state index contributed by atoms with van der Waals surface area (Å²) >= 11 is 5.34. The maximum absolute atomic E-state index is 12.9. The number of hydrogen-bond acceptors (Lipinski definition) is 4. The van der Waals surface area contributed by atoms with Gasteiger partial charge in [-0.1, -0.05) is 22.0 Å². The summed E-state index contributed by atoms with van der Waals surface area (Å²) in [6, 6.07) is 13.1. The number of carbonyl (C=O) groups excluding carboxylic acids is 1. The van der Waals surface area contributed by atoms with Gasteiger partial charge in [-0.05, 0) is 65.1 Å². The predicted octanol–water partition coefficient (Wildman–Crippen LogP) is 2.24. The number of carbonyl (C=O) groups is 1. The number of hydrazine groups is 1. The minimum Gasteiger partial charge on any atom is -0.293 e. The fourth-order valence-corrected chi connectivity index (χ4v) is 4.06. The molecule has 2 aromatic rings. The SMILES string of the molecule is NNC(=O)CN(c1cccc(I)c1)S(=O)(=O)c1ccc(Br)cc1. The number of amides is 1. The van der Waals surface area contributed by atoms with E-state index in [1.165, 1.54) is 12.1 Å². The molecule has 9 heteroatoms. The zero-order valence-corrected chi connectivity index (χ0v) is 16.3. The average Bonchev–Trinajstić information content (AvgIpc) is 2.52. The van der Waals surface area contributed by atoms with Crippen LogP contribution in [0.3, 0.4) is 0 Å². The lowest BCUT2D eigenvalue weighted by Crippen LogP contribution is -2.43. The first-order chi connectivity index (χ1) is 10.8. The van der Waals surface area contributed by atoms with Crippen LogP contribution in [0.2, 0.25) is 0 Å². The van der Waals surface area contributed by atoms with E-state index in [0.717, 1.165) is 12.3 Å². The summed E-state index contributed by atoms with van der Waals surface area (Å²) < 4.78 is 28.4. The van der Waals surface area contributed by atoms with Crippen LogP contribution in [0.25, 0.3) is 0 Å². The monoisotopic (exact) mass is 509 g/mol. The molecule has 3 N–H and O–H groups in total. The predicted molar refractivity (Wildman–Crippen MR) is 100 cm³/mol. The van der Waals surface area contributed by atoms with Crippen LogP contribution in [-0.2, 0) is 14.8 Å². The smallest absolute Gasteiger partial charge is 0.264 e. The van der Waals surface area contributed by atoms with Crippen molar-refractivity contribution < 1.29 is 13.2 Å². The molecular formula is C14H13BrIN3O3S. The molecule has 0 aliphatic rings.